The van der Waals surface area contributed by atoms with Gasteiger partial charge in [-0.25, -0.2) is 8.42 Å². The zero-order valence-corrected chi connectivity index (χ0v) is 14.5. The monoisotopic (exact) mass is 341 g/mol. The van der Waals surface area contributed by atoms with Crippen molar-refractivity contribution in [1.82, 2.24) is 0 Å². The van der Waals surface area contributed by atoms with E-state index >= 15 is 0 Å². The maximum Gasteiger partial charge on any atom is 0.258 e. The Morgan fingerprint density at radius 3 is 2.21 bits per heavy atom. The fourth-order valence-corrected chi connectivity index (χ4v) is 4.26. The molecule has 124 valence electrons. The summed E-state index contributed by atoms with van der Waals surface area (Å²) in [5.41, 5.74) is 3.31. The van der Waals surface area contributed by atoms with Crippen molar-refractivity contribution in [3.63, 3.8) is 0 Å². The molecule has 3 rings (SSSR count). The van der Waals surface area contributed by atoms with E-state index in [1.54, 1.807) is 35.2 Å². The molecular weight excluding hydrogens is 322 g/mol. The minimum atomic E-state index is -3.26. The molecule has 4 nitrogen and oxygen atoms in total. The zero-order chi connectivity index (χ0) is 17.3. The van der Waals surface area contributed by atoms with Gasteiger partial charge in [-0.2, -0.15) is 0 Å². The lowest BCUT2D eigenvalue weighted by molar-refractivity contribution is 0.0983. The number of sulfone groups is 1. The Kier molecular flexibility index (Phi) is 4.28. The van der Waals surface area contributed by atoms with Crippen LogP contribution in [0.25, 0.3) is 0 Å². The van der Waals surface area contributed by atoms with Crippen LogP contribution in [-0.2, 0) is 9.84 Å². The molecule has 1 aliphatic rings. The molecule has 24 heavy (non-hydrogen) atoms. The summed E-state index contributed by atoms with van der Waals surface area (Å²) in [5.74, 6) is -0.286. The van der Waals surface area contributed by atoms with E-state index in [4.69, 9.17) is 0 Å². The van der Waals surface area contributed by atoms with Crippen LogP contribution >= 0.6 is 0 Å². The fraction of sp³-hybridized carbons (Fsp3) is 0.211. The first-order valence-electron chi connectivity index (χ1n) is 7.73. The number of anilines is 1. The minimum absolute atomic E-state index is 0.0848. The highest BCUT2D eigenvalue weighted by molar-refractivity contribution is 7.94. The van der Waals surface area contributed by atoms with Gasteiger partial charge in [0.05, 0.1) is 11.8 Å². The molecule has 0 aromatic heterocycles. The molecule has 0 saturated heterocycles. The largest absolute Gasteiger partial charge is 0.300 e. The van der Waals surface area contributed by atoms with Crippen molar-refractivity contribution in [1.29, 1.82) is 0 Å². The second-order valence-electron chi connectivity index (χ2n) is 6.11. The van der Waals surface area contributed by atoms with Gasteiger partial charge in [0.2, 0.25) is 0 Å². The normalized spacial score (nSPS) is 18.5. The van der Waals surface area contributed by atoms with Crippen LogP contribution in [0.5, 0.6) is 0 Å². The van der Waals surface area contributed by atoms with Crippen LogP contribution in [0, 0.1) is 13.8 Å². The minimum Gasteiger partial charge on any atom is -0.300 e. The SMILES string of the molecule is Cc1cc(C)cc(N(C(=O)c2ccccc2)[C@H]2C=CS(=O)(=O)C2)c1. The molecule has 0 saturated carbocycles. The van der Waals surface area contributed by atoms with Crippen LogP contribution in [0.2, 0.25) is 0 Å². The number of aryl methyl sites for hydroxylation is 2. The van der Waals surface area contributed by atoms with E-state index in [2.05, 4.69) is 0 Å². The summed E-state index contributed by atoms with van der Waals surface area (Å²) in [6.07, 6.45) is 1.59. The number of hydrogen-bond donors (Lipinski definition) is 0. The first kappa shape index (κ1) is 16.5. The lowest BCUT2D eigenvalue weighted by Gasteiger charge is -2.28. The predicted octanol–water partition coefficient (Wildman–Crippen LogP) is 3.26. The number of rotatable bonds is 3. The highest BCUT2D eigenvalue weighted by Crippen LogP contribution is 2.27. The van der Waals surface area contributed by atoms with E-state index in [1.807, 2.05) is 38.1 Å². The first-order valence-corrected chi connectivity index (χ1v) is 9.45. The lowest BCUT2D eigenvalue weighted by atomic mass is 10.1. The van der Waals surface area contributed by atoms with Gasteiger partial charge < -0.3 is 4.90 Å². The zero-order valence-electron chi connectivity index (χ0n) is 13.6. The molecule has 1 amide bonds. The van der Waals surface area contributed by atoms with Crippen LogP contribution in [0.15, 0.2) is 60.0 Å². The smallest absolute Gasteiger partial charge is 0.258 e. The first-order chi connectivity index (χ1) is 11.4. The maximum absolute atomic E-state index is 13.1. The van der Waals surface area contributed by atoms with Gasteiger partial charge in [0, 0.05) is 16.7 Å². The van der Waals surface area contributed by atoms with E-state index in [0.29, 0.717) is 11.3 Å². The van der Waals surface area contributed by atoms with E-state index < -0.39 is 15.9 Å². The van der Waals surface area contributed by atoms with Crippen LogP contribution in [-0.4, -0.2) is 26.1 Å². The van der Waals surface area contributed by atoms with Crippen molar-refractivity contribution < 1.29 is 13.2 Å². The van der Waals surface area contributed by atoms with Gasteiger partial charge in [-0.1, -0.05) is 24.3 Å². The second-order valence-corrected chi connectivity index (χ2v) is 8.04. The second kappa shape index (κ2) is 6.24. The molecule has 0 spiro atoms. The average Bonchev–Trinajstić information content (AvgIpc) is 2.87. The maximum atomic E-state index is 13.1. The van der Waals surface area contributed by atoms with Crippen molar-refractivity contribution in [3.05, 3.63) is 76.7 Å². The van der Waals surface area contributed by atoms with E-state index in [-0.39, 0.29) is 11.7 Å². The Hall–Kier alpha value is -2.40. The summed E-state index contributed by atoms with van der Waals surface area (Å²) in [4.78, 5) is 14.6. The Bertz CT molecular complexity index is 881. The molecule has 2 aromatic carbocycles. The van der Waals surface area contributed by atoms with Crippen molar-refractivity contribution in [3.8, 4) is 0 Å². The third-order valence-electron chi connectivity index (χ3n) is 3.97. The number of carbonyl (C=O) groups is 1. The van der Waals surface area contributed by atoms with Crippen molar-refractivity contribution >= 4 is 21.4 Å². The van der Waals surface area contributed by atoms with Crippen LogP contribution in [0.4, 0.5) is 5.69 Å². The molecule has 5 heteroatoms. The number of carbonyl (C=O) groups excluding carboxylic acids is 1. The molecule has 0 bridgehead atoms. The van der Waals surface area contributed by atoms with Gasteiger partial charge in [-0.05, 0) is 55.3 Å². The van der Waals surface area contributed by atoms with Gasteiger partial charge in [0.15, 0.2) is 9.84 Å². The third-order valence-corrected chi connectivity index (χ3v) is 5.34. The highest BCUT2D eigenvalue weighted by atomic mass is 32.2. The van der Waals surface area contributed by atoms with Crippen LogP contribution in [0.1, 0.15) is 21.5 Å². The molecule has 1 aliphatic heterocycles. The van der Waals surface area contributed by atoms with Gasteiger partial charge >= 0.3 is 0 Å². The molecule has 1 atom stereocenters. The van der Waals surface area contributed by atoms with E-state index in [0.717, 1.165) is 11.1 Å². The topological polar surface area (TPSA) is 54.5 Å². The van der Waals surface area contributed by atoms with E-state index in [1.165, 1.54) is 5.41 Å². The molecular formula is C19H19NO3S. The van der Waals surface area contributed by atoms with Gasteiger partial charge in [-0.3, -0.25) is 4.79 Å². The third kappa shape index (κ3) is 3.41. The molecule has 1 heterocycles. The number of hydrogen-bond acceptors (Lipinski definition) is 3. The molecule has 0 radical (unpaired) electrons. The van der Waals surface area contributed by atoms with Crippen molar-refractivity contribution in [2.45, 2.75) is 19.9 Å². The quantitative estimate of drug-likeness (QED) is 0.861. The van der Waals surface area contributed by atoms with Gasteiger partial charge in [-0.15, -0.1) is 0 Å². The summed E-state index contributed by atoms with van der Waals surface area (Å²) < 4.78 is 23.7. The van der Waals surface area contributed by atoms with Gasteiger partial charge in [0.1, 0.15) is 0 Å². The summed E-state index contributed by atoms with van der Waals surface area (Å²) in [5, 5.41) is 1.20. The number of benzene rings is 2. The number of nitrogens with zero attached hydrogens (tertiary/aromatic N) is 1. The Labute approximate surface area is 142 Å². The summed E-state index contributed by atoms with van der Waals surface area (Å²) in [6.45, 7) is 3.92. The molecule has 0 fully saturated rings. The fourth-order valence-electron chi connectivity index (χ4n) is 2.99. The lowest BCUT2D eigenvalue weighted by Crippen LogP contribution is -2.41. The van der Waals surface area contributed by atoms with Crippen molar-refractivity contribution in [2.24, 2.45) is 0 Å². The summed E-state index contributed by atoms with van der Waals surface area (Å²) in [6, 6.07) is 14.3. The van der Waals surface area contributed by atoms with Crippen LogP contribution < -0.4 is 4.90 Å². The predicted molar refractivity (Wildman–Crippen MR) is 95.9 cm³/mol. The molecule has 0 N–H and O–H groups in total. The van der Waals surface area contributed by atoms with Gasteiger partial charge in [0.25, 0.3) is 5.91 Å². The Balaban J connectivity index is 2.08. The van der Waals surface area contributed by atoms with Crippen LogP contribution in [0.3, 0.4) is 0 Å². The van der Waals surface area contributed by atoms with E-state index in [9.17, 15) is 13.2 Å². The summed E-state index contributed by atoms with van der Waals surface area (Å²) in [7, 11) is -3.26. The Morgan fingerprint density at radius 2 is 1.67 bits per heavy atom. The Morgan fingerprint density at radius 1 is 1.04 bits per heavy atom. The number of amides is 1. The molecule has 0 unspecified atom stereocenters. The standard InChI is InChI=1S/C19H19NO3S/c1-14-10-15(2)12-18(11-14)20(17-8-9-24(22,23)13-17)19(21)16-6-4-3-5-7-16/h3-12,17H,13H2,1-2H3/t17-/m0/s1. The molecule has 0 aliphatic carbocycles. The summed E-state index contributed by atoms with van der Waals surface area (Å²) >= 11 is 0. The van der Waals surface area contributed by atoms with Crippen molar-refractivity contribution in [2.75, 3.05) is 10.7 Å². The average molecular weight is 341 g/mol. The highest BCUT2D eigenvalue weighted by Gasteiger charge is 2.32. The molecule has 2 aromatic rings.